The average Bonchev–Trinajstić information content (AvgIpc) is 3.78. The highest BCUT2D eigenvalue weighted by Crippen LogP contribution is 2.52. The normalized spacial score (nSPS) is 12.8. The van der Waals surface area contributed by atoms with E-state index in [1.807, 2.05) is 72.8 Å². The summed E-state index contributed by atoms with van der Waals surface area (Å²) in [5, 5.41) is 2.00. The topological polar surface area (TPSA) is 51.8 Å². The summed E-state index contributed by atoms with van der Waals surface area (Å²) >= 11 is 0. The van der Waals surface area contributed by atoms with Gasteiger partial charge in [-0.15, -0.1) is 0 Å². The Balaban J connectivity index is 0.976. The van der Waals surface area contributed by atoms with E-state index in [1.165, 1.54) is 44.5 Å². The molecule has 0 bridgehead atoms. The summed E-state index contributed by atoms with van der Waals surface area (Å²) in [6.07, 6.45) is 0. The fourth-order valence-electron chi connectivity index (χ4n) is 8.84. The number of nitrogens with zero attached hydrogens (tertiary/aromatic N) is 3. The first-order valence-corrected chi connectivity index (χ1v) is 19.8. The van der Waals surface area contributed by atoms with E-state index in [1.54, 1.807) is 0 Å². The summed E-state index contributed by atoms with van der Waals surface area (Å²) in [4.78, 5) is 15.0. The summed E-state index contributed by atoms with van der Waals surface area (Å²) in [6.45, 7) is 4.67. The van der Waals surface area contributed by atoms with Crippen molar-refractivity contribution in [2.45, 2.75) is 19.3 Å². The Bertz CT molecular complexity index is 3120. The van der Waals surface area contributed by atoms with Gasteiger partial charge in [-0.2, -0.15) is 0 Å². The molecule has 0 N–H and O–H groups in total. The van der Waals surface area contributed by atoms with Crippen LogP contribution in [0.4, 0.5) is 0 Å². The van der Waals surface area contributed by atoms with Crippen LogP contribution in [0.25, 0.3) is 101 Å². The number of fused-ring (bicyclic) bond motifs is 6. The van der Waals surface area contributed by atoms with Crippen LogP contribution >= 0.6 is 0 Å². The number of hydrogen-bond acceptors (Lipinski definition) is 4. The molecule has 2 heterocycles. The number of aromatic nitrogens is 3. The van der Waals surface area contributed by atoms with Crippen LogP contribution in [0.2, 0.25) is 0 Å². The van der Waals surface area contributed by atoms with Gasteiger partial charge in [-0.1, -0.05) is 178 Å². The minimum absolute atomic E-state index is 0.0275. The van der Waals surface area contributed by atoms with Crippen molar-refractivity contribution in [3.63, 3.8) is 0 Å². The molecule has 0 fully saturated rings. The van der Waals surface area contributed by atoms with E-state index in [4.69, 9.17) is 19.4 Å². The Morgan fingerprint density at radius 3 is 1.62 bits per heavy atom. The molecule has 0 aliphatic heterocycles. The molecule has 0 saturated heterocycles. The van der Waals surface area contributed by atoms with Gasteiger partial charge < -0.3 is 4.42 Å². The maximum Gasteiger partial charge on any atom is 0.164 e. The molecule has 274 valence electrons. The highest BCUT2D eigenvalue weighted by Gasteiger charge is 2.36. The van der Waals surface area contributed by atoms with Gasteiger partial charge in [0.05, 0.1) is 0 Å². The van der Waals surface area contributed by atoms with Crippen molar-refractivity contribution in [2.24, 2.45) is 0 Å². The van der Waals surface area contributed by atoms with Gasteiger partial charge in [0.25, 0.3) is 0 Å². The van der Waals surface area contributed by atoms with Gasteiger partial charge in [-0.05, 0) is 79.9 Å². The second-order valence-corrected chi connectivity index (χ2v) is 15.6. The van der Waals surface area contributed by atoms with Gasteiger partial charge in [0, 0.05) is 32.9 Å². The Morgan fingerprint density at radius 2 is 0.879 bits per heavy atom. The van der Waals surface area contributed by atoms with Gasteiger partial charge in [0.15, 0.2) is 17.5 Å². The van der Waals surface area contributed by atoms with E-state index in [9.17, 15) is 0 Å². The lowest BCUT2D eigenvalue weighted by Crippen LogP contribution is -2.14. The highest BCUT2D eigenvalue weighted by atomic mass is 16.3. The fraction of sp³-hybridized carbons (Fsp3) is 0.0556. The van der Waals surface area contributed by atoms with Gasteiger partial charge in [0.1, 0.15) is 11.2 Å². The quantitative estimate of drug-likeness (QED) is 0.170. The molecular weight excluding hydrogens is 707 g/mol. The van der Waals surface area contributed by atoms with Crippen LogP contribution in [0.1, 0.15) is 25.0 Å². The molecule has 58 heavy (non-hydrogen) atoms. The molecular formula is C54H37N3O. The van der Waals surface area contributed by atoms with Crippen LogP contribution in [0, 0.1) is 0 Å². The third-order valence-electron chi connectivity index (χ3n) is 11.8. The van der Waals surface area contributed by atoms with Crippen molar-refractivity contribution in [1.82, 2.24) is 15.0 Å². The molecule has 0 spiro atoms. The summed E-state index contributed by atoms with van der Waals surface area (Å²) < 4.78 is 6.46. The summed E-state index contributed by atoms with van der Waals surface area (Å²) in [6, 6.07) is 66.2. The molecule has 0 saturated carbocycles. The van der Waals surface area contributed by atoms with Crippen LogP contribution in [0.5, 0.6) is 0 Å². The standard InChI is InChI=1S/C54H37N3O/c1-54(2)45-23-10-9-20-42(45)49-41(21-12-24-46(49)54)35-28-26-34(27-29-35)38-18-11-19-39(32-38)40-30-31-47-44(33-40)50-43(22-13-25-48(50)58-47)53-56-51(36-14-5-3-6-15-36)55-52(57-53)37-16-7-4-8-17-37/h3-33H,1-2H3. The Hall–Kier alpha value is -7.43. The molecule has 0 unspecified atom stereocenters. The molecule has 0 atom stereocenters. The molecule has 4 heteroatoms. The van der Waals surface area contributed by atoms with Crippen LogP contribution in [0.3, 0.4) is 0 Å². The maximum absolute atomic E-state index is 6.46. The van der Waals surface area contributed by atoms with Gasteiger partial charge in [-0.25, -0.2) is 15.0 Å². The van der Waals surface area contributed by atoms with E-state index in [0.717, 1.165) is 49.8 Å². The van der Waals surface area contributed by atoms with Gasteiger partial charge in [0.2, 0.25) is 0 Å². The number of hydrogen-bond donors (Lipinski definition) is 0. The third-order valence-corrected chi connectivity index (χ3v) is 11.8. The summed E-state index contributed by atoms with van der Waals surface area (Å²) in [5.74, 6) is 1.86. The van der Waals surface area contributed by atoms with Gasteiger partial charge >= 0.3 is 0 Å². The lowest BCUT2D eigenvalue weighted by Gasteiger charge is -2.21. The molecule has 4 nitrogen and oxygen atoms in total. The van der Waals surface area contributed by atoms with Crippen molar-refractivity contribution < 1.29 is 4.42 Å². The smallest absolute Gasteiger partial charge is 0.164 e. The molecule has 11 rings (SSSR count). The van der Waals surface area contributed by atoms with Crippen LogP contribution in [0.15, 0.2) is 192 Å². The monoisotopic (exact) mass is 743 g/mol. The molecule has 1 aliphatic rings. The molecule has 0 radical (unpaired) electrons. The third kappa shape index (κ3) is 5.56. The maximum atomic E-state index is 6.46. The van der Waals surface area contributed by atoms with Crippen LogP contribution in [-0.4, -0.2) is 15.0 Å². The number of furan rings is 1. The predicted molar refractivity (Wildman–Crippen MR) is 237 cm³/mol. The van der Waals surface area contributed by atoms with Crippen molar-refractivity contribution in [3.8, 4) is 78.7 Å². The number of rotatable bonds is 6. The second kappa shape index (κ2) is 13.4. The zero-order chi connectivity index (χ0) is 38.8. The zero-order valence-electron chi connectivity index (χ0n) is 32.1. The van der Waals surface area contributed by atoms with Gasteiger partial charge in [-0.3, -0.25) is 0 Å². The van der Waals surface area contributed by atoms with E-state index >= 15 is 0 Å². The average molecular weight is 744 g/mol. The van der Waals surface area contributed by atoms with E-state index in [2.05, 4.69) is 129 Å². The molecule has 1 aliphatic carbocycles. The Kier molecular flexibility index (Phi) is 7.80. The minimum Gasteiger partial charge on any atom is -0.456 e. The van der Waals surface area contributed by atoms with Crippen molar-refractivity contribution in [3.05, 3.63) is 199 Å². The van der Waals surface area contributed by atoms with E-state index in [-0.39, 0.29) is 5.41 Å². The Labute approximate surface area is 337 Å². The SMILES string of the molecule is CC1(C)c2ccccc2-c2c(-c3ccc(-c4cccc(-c5ccc6oc7cccc(-c8nc(-c9ccccc9)nc(-c9ccccc9)n8)c7c6c5)c4)cc3)cccc21. The first-order valence-electron chi connectivity index (χ1n) is 19.8. The highest BCUT2D eigenvalue weighted by molar-refractivity contribution is 6.13. The van der Waals surface area contributed by atoms with Crippen LogP contribution in [-0.2, 0) is 5.41 Å². The second-order valence-electron chi connectivity index (χ2n) is 15.6. The Morgan fingerprint density at radius 1 is 0.362 bits per heavy atom. The number of benzene rings is 8. The largest absolute Gasteiger partial charge is 0.456 e. The minimum atomic E-state index is -0.0275. The van der Waals surface area contributed by atoms with E-state index < -0.39 is 0 Å². The molecule has 10 aromatic rings. The first kappa shape index (κ1) is 33.9. The van der Waals surface area contributed by atoms with Crippen LogP contribution < -0.4 is 0 Å². The van der Waals surface area contributed by atoms with Crippen molar-refractivity contribution in [1.29, 1.82) is 0 Å². The summed E-state index contributed by atoms with van der Waals surface area (Å²) in [7, 11) is 0. The molecule has 8 aromatic carbocycles. The predicted octanol–water partition coefficient (Wildman–Crippen LogP) is 14.1. The van der Waals surface area contributed by atoms with Crippen molar-refractivity contribution in [2.75, 3.05) is 0 Å². The first-order chi connectivity index (χ1) is 28.5. The molecule has 0 amide bonds. The fourth-order valence-corrected chi connectivity index (χ4v) is 8.84. The van der Waals surface area contributed by atoms with E-state index in [0.29, 0.717) is 17.5 Å². The summed E-state index contributed by atoms with van der Waals surface area (Å²) in [5.41, 5.74) is 16.9. The van der Waals surface area contributed by atoms with Crippen molar-refractivity contribution >= 4 is 21.9 Å². The zero-order valence-corrected chi connectivity index (χ0v) is 32.1. The lowest BCUT2D eigenvalue weighted by molar-refractivity contribution is 0.660. The molecule has 2 aromatic heterocycles. The lowest BCUT2D eigenvalue weighted by atomic mass is 9.82.